The molecule has 0 saturated heterocycles. The van der Waals surface area contributed by atoms with Crippen molar-refractivity contribution in [3.05, 3.63) is 46.7 Å². The maximum atomic E-state index is 6.22. The fourth-order valence-corrected chi connectivity index (χ4v) is 3.29. The smallest absolute Gasteiger partial charge is 0.134 e. The minimum Gasteiger partial charge on any atom is -0.460 e. The number of unbranched alkanes of at least 4 members (excludes halogenated alkanes) is 2. The number of hydrogen-bond acceptors (Lipinski definition) is 3. The molecule has 0 saturated carbocycles. The van der Waals surface area contributed by atoms with Crippen LogP contribution in [0.2, 0.25) is 5.02 Å². The zero-order valence-corrected chi connectivity index (χ0v) is 17.9. The van der Waals surface area contributed by atoms with E-state index >= 15 is 0 Å². The standard InChI is InChI=1S/C23H35ClN2O/c1-4-6-14-26(15-7-5-2)16-8-13-25-18-21-11-12-23(27-21)20-10-9-19(3)22(24)17-20/h9-12,17,25H,4-8,13-16,18H2,1-3H3. The first-order chi connectivity index (χ1) is 13.1. The molecule has 1 aromatic heterocycles. The molecular weight excluding hydrogens is 356 g/mol. The second-order valence-corrected chi connectivity index (χ2v) is 7.72. The first kappa shape index (κ1) is 22.0. The first-order valence-electron chi connectivity index (χ1n) is 10.4. The van der Waals surface area contributed by atoms with E-state index in [1.807, 2.05) is 31.2 Å². The largest absolute Gasteiger partial charge is 0.460 e. The monoisotopic (exact) mass is 390 g/mol. The van der Waals surface area contributed by atoms with Crippen molar-refractivity contribution in [1.29, 1.82) is 0 Å². The quantitative estimate of drug-likeness (QED) is 0.407. The van der Waals surface area contributed by atoms with Crippen LogP contribution in [0, 0.1) is 6.92 Å². The highest BCUT2D eigenvalue weighted by atomic mass is 35.5. The summed E-state index contributed by atoms with van der Waals surface area (Å²) in [7, 11) is 0. The van der Waals surface area contributed by atoms with Gasteiger partial charge in [0.15, 0.2) is 0 Å². The van der Waals surface area contributed by atoms with Crippen molar-refractivity contribution in [1.82, 2.24) is 10.2 Å². The van der Waals surface area contributed by atoms with E-state index in [4.69, 9.17) is 16.0 Å². The Morgan fingerprint density at radius 2 is 1.67 bits per heavy atom. The van der Waals surface area contributed by atoms with Gasteiger partial charge in [0.25, 0.3) is 0 Å². The molecule has 0 atom stereocenters. The molecule has 150 valence electrons. The van der Waals surface area contributed by atoms with E-state index < -0.39 is 0 Å². The topological polar surface area (TPSA) is 28.4 Å². The Labute approximate surface area is 170 Å². The lowest BCUT2D eigenvalue weighted by molar-refractivity contribution is 0.260. The maximum absolute atomic E-state index is 6.22. The molecule has 0 spiro atoms. The highest BCUT2D eigenvalue weighted by Gasteiger charge is 2.07. The molecular formula is C23H35ClN2O. The summed E-state index contributed by atoms with van der Waals surface area (Å²) in [5.41, 5.74) is 2.11. The van der Waals surface area contributed by atoms with Gasteiger partial charge in [-0.25, -0.2) is 0 Å². The van der Waals surface area contributed by atoms with E-state index in [2.05, 4.69) is 30.1 Å². The lowest BCUT2D eigenvalue weighted by Crippen LogP contribution is -2.29. The van der Waals surface area contributed by atoms with Gasteiger partial charge >= 0.3 is 0 Å². The summed E-state index contributed by atoms with van der Waals surface area (Å²) in [5, 5.41) is 4.29. The molecule has 0 aliphatic heterocycles. The summed E-state index contributed by atoms with van der Waals surface area (Å²) in [6.45, 7) is 12.0. The SMILES string of the molecule is CCCCN(CCCC)CCCNCc1ccc(-c2ccc(C)c(Cl)c2)o1. The molecule has 0 amide bonds. The number of nitrogens with one attached hydrogen (secondary N) is 1. The van der Waals surface area contributed by atoms with Crippen molar-refractivity contribution in [2.24, 2.45) is 0 Å². The molecule has 0 bridgehead atoms. The lowest BCUT2D eigenvalue weighted by atomic mass is 10.1. The summed E-state index contributed by atoms with van der Waals surface area (Å²) >= 11 is 6.22. The van der Waals surface area contributed by atoms with Crippen LogP contribution in [0.5, 0.6) is 0 Å². The Morgan fingerprint density at radius 1 is 0.963 bits per heavy atom. The van der Waals surface area contributed by atoms with Crippen LogP contribution in [0.15, 0.2) is 34.7 Å². The third-order valence-corrected chi connectivity index (χ3v) is 5.31. The molecule has 2 rings (SSSR count). The van der Waals surface area contributed by atoms with Crippen LogP contribution in [0.25, 0.3) is 11.3 Å². The predicted molar refractivity (Wildman–Crippen MR) is 116 cm³/mol. The number of furan rings is 1. The summed E-state index contributed by atoms with van der Waals surface area (Å²) in [6.07, 6.45) is 6.32. The van der Waals surface area contributed by atoms with E-state index in [0.29, 0.717) is 0 Å². The number of hydrogen-bond donors (Lipinski definition) is 1. The van der Waals surface area contributed by atoms with Gasteiger partial charge in [0.05, 0.1) is 6.54 Å². The van der Waals surface area contributed by atoms with Crippen LogP contribution in [-0.2, 0) is 6.54 Å². The van der Waals surface area contributed by atoms with Gasteiger partial charge in [-0.3, -0.25) is 0 Å². The van der Waals surface area contributed by atoms with Gasteiger partial charge in [-0.2, -0.15) is 0 Å². The van der Waals surface area contributed by atoms with E-state index in [-0.39, 0.29) is 0 Å². The average molecular weight is 391 g/mol. The number of aryl methyl sites for hydroxylation is 1. The average Bonchev–Trinajstić information content (AvgIpc) is 3.14. The minimum absolute atomic E-state index is 0.767. The summed E-state index contributed by atoms with van der Waals surface area (Å²) in [6, 6.07) is 10.1. The highest BCUT2D eigenvalue weighted by Crippen LogP contribution is 2.26. The fraction of sp³-hybridized carbons (Fsp3) is 0.565. The van der Waals surface area contributed by atoms with Crippen molar-refractivity contribution >= 4 is 11.6 Å². The van der Waals surface area contributed by atoms with E-state index in [1.54, 1.807) is 0 Å². The number of benzene rings is 1. The van der Waals surface area contributed by atoms with Gasteiger partial charge in [0.1, 0.15) is 11.5 Å². The second-order valence-electron chi connectivity index (χ2n) is 7.31. The van der Waals surface area contributed by atoms with E-state index in [1.165, 1.54) is 51.7 Å². The van der Waals surface area contributed by atoms with Gasteiger partial charge in [0.2, 0.25) is 0 Å². The Bertz CT molecular complexity index is 660. The predicted octanol–water partition coefficient (Wildman–Crippen LogP) is 6.29. The molecule has 1 N–H and O–H groups in total. The molecule has 1 aromatic carbocycles. The lowest BCUT2D eigenvalue weighted by Gasteiger charge is -2.21. The molecule has 0 fully saturated rings. The third-order valence-electron chi connectivity index (χ3n) is 4.90. The van der Waals surface area contributed by atoms with E-state index in [0.717, 1.165) is 40.8 Å². The molecule has 1 heterocycles. The van der Waals surface area contributed by atoms with E-state index in [9.17, 15) is 0 Å². The molecule has 0 radical (unpaired) electrons. The third kappa shape index (κ3) is 7.69. The van der Waals surface area contributed by atoms with Crippen molar-refractivity contribution in [3.63, 3.8) is 0 Å². The van der Waals surface area contributed by atoms with Crippen LogP contribution < -0.4 is 5.32 Å². The van der Waals surface area contributed by atoms with Crippen LogP contribution in [0.1, 0.15) is 57.3 Å². The summed E-state index contributed by atoms with van der Waals surface area (Å²) < 4.78 is 5.97. The normalized spacial score (nSPS) is 11.4. The molecule has 4 heteroatoms. The molecule has 0 aliphatic carbocycles. The summed E-state index contributed by atoms with van der Waals surface area (Å²) in [4.78, 5) is 2.61. The summed E-state index contributed by atoms with van der Waals surface area (Å²) in [5.74, 6) is 1.84. The molecule has 3 nitrogen and oxygen atoms in total. The van der Waals surface area contributed by atoms with Crippen LogP contribution in [-0.4, -0.2) is 31.1 Å². The molecule has 0 aliphatic rings. The van der Waals surface area contributed by atoms with Crippen molar-refractivity contribution < 1.29 is 4.42 Å². The van der Waals surface area contributed by atoms with Crippen molar-refractivity contribution in [2.75, 3.05) is 26.2 Å². The number of halogens is 1. The van der Waals surface area contributed by atoms with Gasteiger partial charge in [0, 0.05) is 10.6 Å². The Hall–Kier alpha value is -1.29. The Kier molecular flexibility index (Phi) is 9.96. The van der Waals surface area contributed by atoms with Crippen molar-refractivity contribution in [3.8, 4) is 11.3 Å². The van der Waals surface area contributed by atoms with Gasteiger partial charge in [-0.05, 0) is 76.1 Å². The number of nitrogens with zero attached hydrogens (tertiary/aromatic N) is 1. The molecule has 2 aromatic rings. The Morgan fingerprint density at radius 3 is 2.33 bits per heavy atom. The Balaban J connectivity index is 1.72. The fourth-order valence-electron chi connectivity index (χ4n) is 3.11. The van der Waals surface area contributed by atoms with Crippen LogP contribution in [0.3, 0.4) is 0 Å². The van der Waals surface area contributed by atoms with Crippen LogP contribution >= 0.6 is 11.6 Å². The second kappa shape index (κ2) is 12.2. The molecule has 0 unspecified atom stereocenters. The van der Waals surface area contributed by atoms with Gasteiger partial charge in [-0.15, -0.1) is 0 Å². The maximum Gasteiger partial charge on any atom is 0.134 e. The highest BCUT2D eigenvalue weighted by molar-refractivity contribution is 6.31. The molecule has 27 heavy (non-hydrogen) atoms. The van der Waals surface area contributed by atoms with Crippen LogP contribution in [0.4, 0.5) is 0 Å². The number of rotatable bonds is 13. The minimum atomic E-state index is 0.767. The van der Waals surface area contributed by atoms with Gasteiger partial charge < -0.3 is 14.6 Å². The first-order valence-corrected chi connectivity index (χ1v) is 10.8. The van der Waals surface area contributed by atoms with Crippen molar-refractivity contribution in [2.45, 2.75) is 59.4 Å². The van der Waals surface area contributed by atoms with Gasteiger partial charge in [-0.1, -0.05) is 50.4 Å². The zero-order valence-electron chi connectivity index (χ0n) is 17.2. The zero-order chi connectivity index (χ0) is 19.5.